The molecule has 1 amide bonds. The molecule has 2 bridgehead atoms. The van der Waals surface area contributed by atoms with Crippen molar-refractivity contribution in [2.45, 2.75) is 38.0 Å². The van der Waals surface area contributed by atoms with Gasteiger partial charge in [0.05, 0.1) is 6.04 Å². The average molecular weight is 321 g/mol. The highest BCUT2D eigenvalue weighted by Crippen LogP contribution is 2.40. The molecule has 2 aromatic carbocycles. The number of amides is 1. The van der Waals surface area contributed by atoms with Crippen LogP contribution in [-0.2, 0) is 22.6 Å². The van der Waals surface area contributed by atoms with Gasteiger partial charge in [-0.2, -0.15) is 0 Å². The van der Waals surface area contributed by atoms with E-state index in [2.05, 4.69) is 6.07 Å². The minimum Gasteiger partial charge on any atom is -0.445 e. The largest absolute Gasteiger partial charge is 0.445 e. The Morgan fingerprint density at radius 2 is 1.75 bits per heavy atom. The first-order chi connectivity index (χ1) is 11.7. The van der Waals surface area contributed by atoms with E-state index in [4.69, 9.17) is 4.74 Å². The predicted molar refractivity (Wildman–Crippen MR) is 89.4 cm³/mol. The number of nitrogens with zero attached hydrogens (tertiary/aromatic N) is 1. The van der Waals surface area contributed by atoms with Gasteiger partial charge in [0.1, 0.15) is 12.4 Å². The lowest BCUT2D eigenvalue weighted by Gasteiger charge is -2.45. The quantitative estimate of drug-likeness (QED) is 0.848. The molecule has 0 aromatic heterocycles. The number of benzene rings is 2. The maximum Gasteiger partial charge on any atom is 0.410 e. The first-order valence-corrected chi connectivity index (χ1v) is 8.31. The molecule has 4 heteroatoms. The van der Waals surface area contributed by atoms with E-state index in [1.165, 1.54) is 5.56 Å². The lowest BCUT2D eigenvalue weighted by Crippen LogP contribution is -2.52. The number of fused-ring (bicyclic) bond motifs is 4. The molecule has 2 aromatic rings. The van der Waals surface area contributed by atoms with Gasteiger partial charge >= 0.3 is 6.09 Å². The zero-order valence-corrected chi connectivity index (χ0v) is 13.4. The molecular weight excluding hydrogens is 302 g/mol. The molecule has 2 heterocycles. The maximum absolute atomic E-state index is 12.7. The zero-order valence-electron chi connectivity index (χ0n) is 13.4. The molecule has 0 saturated carbocycles. The Labute approximate surface area is 141 Å². The number of ketones is 1. The Hall–Kier alpha value is -2.62. The Morgan fingerprint density at radius 1 is 1.00 bits per heavy atom. The van der Waals surface area contributed by atoms with Crippen LogP contribution < -0.4 is 0 Å². The van der Waals surface area contributed by atoms with E-state index in [0.29, 0.717) is 12.8 Å². The molecule has 2 aliphatic heterocycles. The molecule has 2 unspecified atom stereocenters. The molecule has 2 aliphatic rings. The van der Waals surface area contributed by atoms with Crippen LogP contribution in [0, 0.1) is 0 Å². The fourth-order valence-corrected chi connectivity index (χ4v) is 3.81. The number of carbonyl (C=O) groups excluding carboxylic acids is 2. The monoisotopic (exact) mass is 321 g/mol. The Balaban J connectivity index is 1.56. The third-order valence-electron chi connectivity index (χ3n) is 4.90. The van der Waals surface area contributed by atoms with Crippen LogP contribution in [0.25, 0.3) is 0 Å². The number of hydrogen-bond donors (Lipinski definition) is 0. The van der Waals surface area contributed by atoms with Crippen LogP contribution in [-0.4, -0.2) is 22.8 Å². The van der Waals surface area contributed by atoms with Gasteiger partial charge in [0.15, 0.2) is 0 Å². The van der Waals surface area contributed by atoms with Gasteiger partial charge in [-0.05, 0) is 23.1 Å². The van der Waals surface area contributed by atoms with Gasteiger partial charge in [-0.3, -0.25) is 9.69 Å². The summed E-state index contributed by atoms with van der Waals surface area (Å²) in [6.45, 7) is 0.255. The van der Waals surface area contributed by atoms with E-state index in [1.807, 2.05) is 48.5 Å². The highest BCUT2D eigenvalue weighted by Gasteiger charge is 2.43. The minimum absolute atomic E-state index is 0.0885. The van der Waals surface area contributed by atoms with Gasteiger partial charge in [-0.25, -0.2) is 4.79 Å². The fourth-order valence-electron chi connectivity index (χ4n) is 3.81. The second kappa shape index (κ2) is 6.11. The topological polar surface area (TPSA) is 46.6 Å². The number of ether oxygens (including phenoxy) is 1. The van der Waals surface area contributed by atoms with Crippen molar-refractivity contribution < 1.29 is 14.3 Å². The molecule has 0 spiro atoms. The summed E-state index contributed by atoms with van der Waals surface area (Å²) in [6.07, 6.45) is 1.20. The van der Waals surface area contributed by atoms with Crippen molar-refractivity contribution in [2.24, 2.45) is 0 Å². The summed E-state index contributed by atoms with van der Waals surface area (Å²) in [5.41, 5.74) is 3.29. The highest BCUT2D eigenvalue weighted by molar-refractivity contribution is 5.84. The van der Waals surface area contributed by atoms with E-state index in [0.717, 1.165) is 17.5 Å². The van der Waals surface area contributed by atoms with Crippen LogP contribution in [0.4, 0.5) is 4.79 Å². The van der Waals surface area contributed by atoms with Gasteiger partial charge in [-0.15, -0.1) is 0 Å². The highest BCUT2D eigenvalue weighted by atomic mass is 16.6. The van der Waals surface area contributed by atoms with Gasteiger partial charge in [0.25, 0.3) is 0 Å². The van der Waals surface area contributed by atoms with E-state index in [1.54, 1.807) is 4.90 Å². The van der Waals surface area contributed by atoms with Crippen molar-refractivity contribution in [2.75, 3.05) is 0 Å². The first kappa shape index (κ1) is 14.9. The summed E-state index contributed by atoms with van der Waals surface area (Å²) < 4.78 is 5.53. The number of hydrogen-bond acceptors (Lipinski definition) is 3. The summed E-state index contributed by atoms with van der Waals surface area (Å²) in [4.78, 5) is 26.5. The van der Waals surface area contributed by atoms with Crippen molar-refractivity contribution in [3.05, 3.63) is 71.3 Å². The fraction of sp³-hybridized carbons (Fsp3) is 0.300. The summed E-state index contributed by atoms with van der Waals surface area (Å²) in [5, 5.41) is 0. The molecule has 122 valence electrons. The van der Waals surface area contributed by atoms with Crippen LogP contribution in [0.3, 0.4) is 0 Å². The van der Waals surface area contributed by atoms with Crippen molar-refractivity contribution in [3.63, 3.8) is 0 Å². The summed E-state index contributed by atoms with van der Waals surface area (Å²) in [6, 6.07) is 17.5. The van der Waals surface area contributed by atoms with Crippen LogP contribution in [0.1, 0.15) is 35.6 Å². The van der Waals surface area contributed by atoms with Gasteiger partial charge in [0, 0.05) is 18.9 Å². The first-order valence-electron chi connectivity index (χ1n) is 8.31. The Bertz CT molecular complexity index is 771. The van der Waals surface area contributed by atoms with E-state index in [9.17, 15) is 9.59 Å². The van der Waals surface area contributed by atoms with Gasteiger partial charge in [-0.1, -0.05) is 54.6 Å². The summed E-state index contributed by atoms with van der Waals surface area (Å²) in [5.74, 6) is 0.228. The summed E-state index contributed by atoms with van der Waals surface area (Å²) in [7, 11) is 0. The van der Waals surface area contributed by atoms with Gasteiger partial charge < -0.3 is 4.74 Å². The molecule has 4 nitrogen and oxygen atoms in total. The molecule has 0 aliphatic carbocycles. The molecule has 4 rings (SSSR count). The van der Waals surface area contributed by atoms with Crippen molar-refractivity contribution in [1.29, 1.82) is 0 Å². The van der Waals surface area contributed by atoms with Gasteiger partial charge in [0.2, 0.25) is 0 Å². The third kappa shape index (κ3) is 2.68. The molecule has 0 N–H and O–H groups in total. The van der Waals surface area contributed by atoms with Crippen molar-refractivity contribution >= 4 is 11.9 Å². The Morgan fingerprint density at radius 3 is 2.58 bits per heavy atom. The second-order valence-corrected chi connectivity index (χ2v) is 6.47. The minimum atomic E-state index is -0.323. The zero-order chi connectivity index (χ0) is 16.5. The predicted octanol–water partition coefficient (Wildman–Crippen LogP) is 3.65. The molecule has 24 heavy (non-hydrogen) atoms. The van der Waals surface area contributed by atoms with Crippen LogP contribution in [0.2, 0.25) is 0 Å². The molecule has 2 atom stereocenters. The van der Waals surface area contributed by atoms with E-state index >= 15 is 0 Å². The second-order valence-electron chi connectivity index (χ2n) is 6.47. The normalized spacial score (nSPS) is 22.0. The number of rotatable bonds is 2. The molecule has 1 fully saturated rings. The van der Waals surface area contributed by atoms with Crippen LogP contribution in [0.5, 0.6) is 0 Å². The number of Topliss-reactive ketones (excluding diaryl/α,β-unsaturated/α-hetero) is 1. The standard InChI is InChI=1S/C20H19NO3/c22-17-11-16-10-15-8-4-5-9-18(15)19(12-17)21(16)20(23)24-13-14-6-2-1-3-7-14/h1-9,16,19H,10-13H2. The smallest absolute Gasteiger partial charge is 0.410 e. The SMILES string of the molecule is O=C1CC2Cc3ccccc3C(C1)N2C(=O)OCc1ccccc1. The van der Waals surface area contributed by atoms with Crippen molar-refractivity contribution in [3.8, 4) is 0 Å². The van der Waals surface area contributed by atoms with E-state index in [-0.39, 0.29) is 30.6 Å². The molecule has 0 radical (unpaired) electrons. The van der Waals surface area contributed by atoms with Crippen LogP contribution >= 0.6 is 0 Å². The van der Waals surface area contributed by atoms with E-state index < -0.39 is 0 Å². The Kier molecular flexibility index (Phi) is 3.81. The lowest BCUT2D eigenvalue weighted by atomic mass is 9.80. The maximum atomic E-state index is 12.7. The van der Waals surface area contributed by atoms with Crippen molar-refractivity contribution in [1.82, 2.24) is 4.90 Å². The lowest BCUT2D eigenvalue weighted by molar-refractivity contribution is -0.125. The molecule has 1 saturated heterocycles. The number of piperidine rings is 1. The molecular formula is C20H19NO3. The van der Waals surface area contributed by atoms with Crippen LogP contribution in [0.15, 0.2) is 54.6 Å². The summed E-state index contributed by atoms with van der Waals surface area (Å²) >= 11 is 0. The average Bonchev–Trinajstić information content (AvgIpc) is 2.60. The number of carbonyl (C=O) groups is 2. The third-order valence-corrected chi connectivity index (χ3v) is 4.90.